The summed E-state index contributed by atoms with van der Waals surface area (Å²) in [6, 6.07) is 5.37. The van der Waals surface area contributed by atoms with Gasteiger partial charge in [-0.1, -0.05) is 54.8 Å². The standard InChI is InChI=1S/C13H19BrFNO2S/c1-3-10(4-2)11(14)9-16-19(17,18)13-8-6-5-7-12(13)15/h5-8,10-11,16H,3-4,9H2,1-2H3. The van der Waals surface area contributed by atoms with E-state index in [1.807, 2.05) is 0 Å². The van der Waals surface area contributed by atoms with Gasteiger partial charge in [0.25, 0.3) is 0 Å². The summed E-state index contributed by atoms with van der Waals surface area (Å²) in [5.41, 5.74) is 0. The Morgan fingerprint density at radius 1 is 1.26 bits per heavy atom. The van der Waals surface area contributed by atoms with Gasteiger partial charge < -0.3 is 0 Å². The Morgan fingerprint density at radius 2 is 1.84 bits per heavy atom. The molecule has 0 saturated carbocycles. The third kappa shape index (κ3) is 4.54. The Morgan fingerprint density at radius 3 is 2.37 bits per heavy atom. The van der Waals surface area contributed by atoms with Crippen LogP contribution >= 0.6 is 15.9 Å². The second kappa shape index (κ2) is 7.36. The minimum Gasteiger partial charge on any atom is -0.210 e. The lowest BCUT2D eigenvalue weighted by atomic mass is 10.00. The third-order valence-corrected chi connectivity index (χ3v) is 5.68. The Labute approximate surface area is 122 Å². The van der Waals surface area contributed by atoms with Gasteiger partial charge in [0.05, 0.1) is 0 Å². The minimum atomic E-state index is -3.79. The summed E-state index contributed by atoms with van der Waals surface area (Å²) in [5.74, 6) is -0.341. The molecule has 0 amide bonds. The molecule has 0 saturated heterocycles. The molecule has 1 aromatic carbocycles. The van der Waals surface area contributed by atoms with E-state index in [2.05, 4.69) is 34.5 Å². The van der Waals surface area contributed by atoms with Gasteiger partial charge in [0.1, 0.15) is 10.7 Å². The maximum atomic E-state index is 13.5. The predicted molar refractivity (Wildman–Crippen MR) is 78.4 cm³/mol. The van der Waals surface area contributed by atoms with Crippen LogP contribution in [0.1, 0.15) is 26.7 Å². The first kappa shape index (κ1) is 16.6. The number of nitrogens with one attached hydrogen (secondary N) is 1. The van der Waals surface area contributed by atoms with Crippen LogP contribution in [0.2, 0.25) is 0 Å². The molecule has 0 spiro atoms. The highest BCUT2D eigenvalue weighted by Crippen LogP contribution is 2.20. The summed E-state index contributed by atoms with van der Waals surface area (Å²) in [5, 5.41) is 0. The lowest BCUT2D eigenvalue weighted by Gasteiger charge is -2.20. The molecule has 3 nitrogen and oxygen atoms in total. The Balaban J connectivity index is 2.74. The van der Waals surface area contributed by atoms with Crippen molar-refractivity contribution in [2.75, 3.05) is 6.54 Å². The summed E-state index contributed by atoms with van der Waals surface area (Å²) in [4.78, 5) is -0.261. The van der Waals surface area contributed by atoms with E-state index in [1.54, 1.807) is 0 Å². The number of halogens is 2. The number of hydrogen-bond acceptors (Lipinski definition) is 2. The van der Waals surface area contributed by atoms with Gasteiger partial charge in [0.2, 0.25) is 10.0 Å². The van der Waals surface area contributed by atoms with Gasteiger partial charge in [0, 0.05) is 11.4 Å². The molecule has 0 heterocycles. The number of alkyl halides is 1. The van der Waals surface area contributed by atoms with Gasteiger partial charge in [0.15, 0.2) is 0 Å². The summed E-state index contributed by atoms with van der Waals surface area (Å²) >= 11 is 3.49. The van der Waals surface area contributed by atoms with E-state index in [4.69, 9.17) is 0 Å². The van der Waals surface area contributed by atoms with Crippen molar-refractivity contribution in [3.05, 3.63) is 30.1 Å². The Hall–Kier alpha value is -0.460. The average Bonchev–Trinajstić information content (AvgIpc) is 2.38. The normalized spacial score (nSPS) is 13.7. The van der Waals surface area contributed by atoms with E-state index in [1.165, 1.54) is 18.2 Å². The SMILES string of the molecule is CCC(CC)C(Br)CNS(=O)(=O)c1ccccc1F. The van der Waals surface area contributed by atoms with E-state index in [0.29, 0.717) is 5.92 Å². The van der Waals surface area contributed by atoms with Crippen LogP contribution in [0, 0.1) is 11.7 Å². The summed E-state index contributed by atoms with van der Waals surface area (Å²) in [6.45, 7) is 4.38. The van der Waals surface area contributed by atoms with E-state index < -0.39 is 15.8 Å². The molecule has 1 rings (SSSR count). The van der Waals surface area contributed by atoms with E-state index in [9.17, 15) is 12.8 Å². The number of sulfonamides is 1. The van der Waals surface area contributed by atoms with Gasteiger partial charge in [-0.25, -0.2) is 17.5 Å². The molecule has 0 aromatic heterocycles. The first-order valence-electron chi connectivity index (χ1n) is 6.30. The van der Waals surface area contributed by atoms with E-state index >= 15 is 0 Å². The van der Waals surface area contributed by atoms with Crippen molar-refractivity contribution in [3.63, 3.8) is 0 Å². The molecule has 1 N–H and O–H groups in total. The second-order valence-electron chi connectivity index (χ2n) is 4.37. The van der Waals surface area contributed by atoms with Crippen molar-refractivity contribution in [3.8, 4) is 0 Å². The van der Waals surface area contributed by atoms with Crippen molar-refractivity contribution in [2.45, 2.75) is 36.4 Å². The smallest absolute Gasteiger partial charge is 0.210 e. The Bertz CT molecular complexity index is 503. The van der Waals surface area contributed by atoms with E-state index in [-0.39, 0.29) is 16.3 Å². The van der Waals surface area contributed by atoms with Crippen molar-refractivity contribution >= 4 is 26.0 Å². The largest absolute Gasteiger partial charge is 0.243 e. The van der Waals surface area contributed by atoms with Gasteiger partial charge in [-0.05, 0) is 18.1 Å². The lowest BCUT2D eigenvalue weighted by Crippen LogP contribution is -2.33. The van der Waals surface area contributed by atoms with Crippen LogP contribution in [0.25, 0.3) is 0 Å². The molecule has 1 aromatic rings. The highest BCUT2D eigenvalue weighted by molar-refractivity contribution is 9.09. The van der Waals surface area contributed by atoms with Crippen LogP contribution in [0.15, 0.2) is 29.2 Å². The van der Waals surface area contributed by atoms with Crippen LogP contribution in [0.3, 0.4) is 0 Å². The quantitative estimate of drug-likeness (QED) is 0.766. The van der Waals surface area contributed by atoms with Crippen LogP contribution in [-0.2, 0) is 10.0 Å². The minimum absolute atomic E-state index is 0.0454. The number of hydrogen-bond donors (Lipinski definition) is 1. The molecule has 0 fully saturated rings. The molecule has 1 atom stereocenters. The van der Waals surface area contributed by atoms with Gasteiger partial charge in [-0.3, -0.25) is 0 Å². The molecule has 0 aliphatic heterocycles. The monoisotopic (exact) mass is 351 g/mol. The van der Waals surface area contributed by atoms with Crippen LogP contribution in [0.4, 0.5) is 4.39 Å². The summed E-state index contributed by atoms with van der Waals surface area (Å²) in [7, 11) is -3.79. The fourth-order valence-corrected chi connectivity index (χ4v) is 4.16. The first-order chi connectivity index (χ1) is 8.92. The van der Waals surface area contributed by atoms with Gasteiger partial charge in [-0.15, -0.1) is 0 Å². The molecule has 0 aliphatic rings. The fourth-order valence-electron chi connectivity index (χ4n) is 1.90. The molecule has 0 bridgehead atoms. The van der Waals surface area contributed by atoms with Gasteiger partial charge in [-0.2, -0.15) is 0 Å². The highest BCUT2D eigenvalue weighted by atomic mass is 79.9. The molecular formula is C13H19BrFNO2S. The third-order valence-electron chi connectivity index (χ3n) is 3.15. The lowest BCUT2D eigenvalue weighted by molar-refractivity contribution is 0.470. The topological polar surface area (TPSA) is 46.2 Å². The zero-order valence-electron chi connectivity index (χ0n) is 11.1. The van der Waals surface area contributed by atoms with Gasteiger partial charge >= 0.3 is 0 Å². The molecule has 0 radical (unpaired) electrons. The van der Waals surface area contributed by atoms with Crippen molar-refractivity contribution < 1.29 is 12.8 Å². The van der Waals surface area contributed by atoms with Crippen LogP contribution in [0.5, 0.6) is 0 Å². The molecule has 19 heavy (non-hydrogen) atoms. The van der Waals surface area contributed by atoms with Crippen LogP contribution < -0.4 is 4.72 Å². The number of benzene rings is 1. The van der Waals surface area contributed by atoms with Crippen molar-refractivity contribution in [2.24, 2.45) is 5.92 Å². The summed E-state index contributed by atoms with van der Waals surface area (Å²) < 4.78 is 39.9. The van der Waals surface area contributed by atoms with Crippen molar-refractivity contribution in [1.82, 2.24) is 4.72 Å². The highest BCUT2D eigenvalue weighted by Gasteiger charge is 2.21. The second-order valence-corrected chi connectivity index (χ2v) is 7.29. The Kier molecular flexibility index (Phi) is 6.42. The average molecular weight is 352 g/mol. The molecule has 6 heteroatoms. The molecule has 0 aliphatic carbocycles. The summed E-state index contributed by atoms with van der Waals surface area (Å²) in [6.07, 6.45) is 1.93. The van der Waals surface area contributed by atoms with Crippen LogP contribution in [-0.4, -0.2) is 19.8 Å². The first-order valence-corrected chi connectivity index (χ1v) is 8.70. The fraction of sp³-hybridized carbons (Fsp3) is 0.538. The molecule has 108 valence electrons. The molecule has 1 unspecified atom stereocenters. The maximum absolute atomic E-state index is 13.5. The predicted octanol–water partition coefficient (Wildman–Crippen LogP) is 3.30. The zero-order chi connectivity index (χ0) is 14.5. The molecular weight excluding hydrogens is 333 g/mol. The van der Waals surface area contributed by atoms with E-state index in [0.717, 1.165) is 18.9 Å². The maximum Gasteiger partial charge on any atom is 0.243 e. The number of rotatable bonds is 7. The zero-order valence-corrected chi connectivity index (χ0v) is 13.5. The van der Waals surface area contributed by atoms with Crippen molar-refractivity contribution in [1.29, 1.82) is 0 Å².